The van der Waals surface area contributed by atoms with E-state index in [4.69, 9.17) is 4.74 Å². The van der Waals surface area contributed by atoms with Crippen molar-refractivity contribution in [1.29, 1.82) is 0 Å². The summed E-state index contributed by atoms with van der Waals surface area (Å²) in [6.45, 7) is 0. The fourth-order valence-electron chi connectivity index (χ4n) is 1.49. The van der Waals surface area contributed by atoms with Crippen molar-refractivity contribution in [2.45, 2.75) is 25.0 Å². The second-order valence-corrected chi connectivity index (χ2v) is 3.14. The van der Waals surface area contributed by atoms with Gasteiger partial charge in [0.1, 0.15) is 24.2 Å². The molecule has 1 saturated heterocycles. The highest BCUT2D eigenvalue weighted by Crippen LogP contribution is 2.30. The van der Waals surface area contributed by atoms with E-state index in [2.05, 4.69) is 10.2 Å². The zero-order valence-electron chi connectivity index (χ0n) is 7.38. The molecule has 2 unspecified atom stereocenters. The maximum atomic E-state index is 10.4. The molecule has 0 N–H and O–H groups in total. The molecule has 0 spiro atoms. The van der Waals surface area contributed by atoms with Crippen molar-refractivity contribution in [3.63, 3.8) is 0 Å². The Morgan fingerprint density at radius 2 is 2.54 bits per heavy atom. The van der Waals surface area contributed by atoms with Crippen LogP contribution < -0.4 is 0 Å². The van der Waals surface area contributed by atoms with Gasteiger partial charge in [-0.1, -0.05) is 0 Å². The maximum absolute atomic E-state index is 10.4. The van der Waals surface area contributed by atoms with Crippen molar-refractivity contribution < 1.29 is 9.53 Å². The Labute approximate surface area is 75.7 Å². The zero-order chi connectivity index (χ0) is 9.26. The van der Waals surface area contributed by atoms with Gasteiger partial charge < -0.3 is 9.53 Å². The third kappa shape index (κ3) is 1.60. The topological polar surface area (TPSA) is 57.0 Å². The van der Waals surface area contributed by atoms with E-state index in [-0.39, 0.29) is 12.2 Å². The van der Waals surface area contributed by atoms with Crippen LogP contribution in [0.4, 0.5) is 0 Å². The zero-order valence-corrected chi connectivity index (χ0v) is 7.38. The molecule has 1 aliphatic rings. The van der Waals surface area contributed by atoms with Crippen LogP contribution in [0.5, 0.6) is 0 Å². The number of carbonyl (C=O) groups is 1. The fraction of sp³-hybridized carbons (Fsp3) is 0.625. The van der Waals surface area contributed by atoms with E-state index in [1.807, 2.05) is 0 Å². The molecule has 0 aromatic carbocycles. The molecular weight excluding hydrogens is 170 g/mol. The number of hydrogen-bond donors (Lipinski definition) is 0. The van der Waals surface area contributed by atoms with Gasteiger partial charge in [0.2, 0.25) is 0 Å². The van der Waals surface area contributed by atoms with Gasteiger partial charge in [0.05, 0.1) is 6.20 Å². The molecule has 13 heavy (non-hydrogen) atoms. The smallest absolute Gasteiger partial charge is 0.148 e. The van der Waals surface area contributed by atoms with Crippen molar-refractivity contribution in [2.24, 2.45) is 7.05 Å². The Kier molecular flexibility index (Phi) is 2.10. The largest absolute Gasteiger partial charge is 0.361 e. The van der Waals surface area contributed by atoms with Gasteiger partial charge in [-0.05, 0) is 12.8 Å². The summed E-state index contributed by atoms with van der Waals surface area (Å²) in [7, 11) is 1.76. The Morgan fingerprint density at radius 1 is 1.69 bits per heavy atom. The van der Waals surface area contributed by atoms with Crippen LogP contribution in [-0.4, -0.2) is 27.4 Å². The normalized spacial score (nSPS) is 27.8. The molecule has 2 heterocycles. The molecule has 0 aliphatic carbocycles. The lowest BCUT2D eigenvalue weighted by atomic mass is 10.2. The van der Waals surface area contributed by atoms with Crippen LogP contribution in [0, 0.1) is 0 Å². The molecule has 0 bridgehead atoms. The lowest BCUT2D eigenvalue weighted by molar-refractivity contribution is -0.117. The summed E-state index contributed by atoms with van der Waals surface area (Å²) in [6.07, 6.45) is 3.84. The maximum Gasteiger partial charge on any atom is 0.148 e. The van der Waals surface area contributed by atoms with Crippen LogP contribution in [0.25, 0.3) is 0 Å². The third-order valence-corrected chi connectivity index (χ3v) is 2.15. The Hall–Kier alpha value is -1.23. The summed E-state index contributed by atoms with van der Waals surface area (Å²) in [5.41, 5.74) is 0.812. The SMILES string of the molecule is Cn1ncc(C2CCC(C=O)O2)n1. The van der Waals surface area contributed by atoms with E-state index in [9.17, 15) is 4.79 Å². The molecule has 1 aromatic rings. The van der Waals surface area contributed by atoms with E-state index in [1.165, 1.54) is 4.80 Å². The average Bonchev–Trinajstić information content (AvgIpc) is 2.71. The fourth-order valence-corrected chi connectivity index (χ4v) is 1.49. The Balaban J connectivity index is 2.07. The molecule has 2 atom stereocenters. The van der Waals surface area contributed by atoms with Gasteiger partial charge >= 0.3 is 0 Å². The van der Waals surface area contributed by atoms with Crippen LogP contribution in [0.3, 0.4) is 0 Å². The number of aldehydes is 1. The summed E-state index contributed by atoms with van der Waals surface area (Å²) in [6, 6.07) is 0. The minimum atomic E-state index is -0.257. The average molecular weight is 181 g/mol. The lowest BCUT2D eigenvalue weighted by Gasteiger charge is -2.05. The molecule has 1 aromatic heterocycles. The molecule has 0 amide bonds. The standard InChI is InChI=1S/C8H11N3O2/c1-11-9-4-7(10-11)8-3-2-6(5-12)13-8/h4-6,8H,2-3H2,1H3. The molecule has 0 radical (unpaired) electrons. The van der Waals surface area contributed by atoms with Crippen LogP contribution in [-0.2, 0) is 16.6 Å². The van der Waals surface area contributed by atoms with Gasteiger partial charge in [-0.15, -0.1) is 0 Å². The molecule has 1 aliphatic heterocycles. The number of aryl methyl sites for hydroxylation is 1. The molecule has 1 fully saturated rings. The van der Waals surface area contributed by atoms with Crippen LogP contribution in [0.2, 0.25) is 0 Å². The monoisotopic (exact) mass is 181 g/mol. The van der Waals surface area contributed by atoms with Gasteiger partial charge in [-0.2, -0.15) is 15.0 Å². The van der Waals surface area contributed by atoms with E-state index in [1.54, 1.807) is 13.2 Å². The molecule has 2 rings (SSSR count). The molecular formula is C8H11N3O2. The molecule has 5 nitrogen and oxygen atoms in total. The van der Waals surface area contributed by atoms with Crippen LogP contribution >= 0.6 is 0 Å². The quantitative estimate of drug-likeness (QED) is 0.613. The van der Waals surface area contributed by atoms with Gasteiger partial charge in [-0.3, -0.25) is 0 Å². The highest BCUT2D eigenvalue weighted by atomic mass is 16.5. The first-order valence-corrected chi connectivity index (χ1v) is 4.26. The number of aromatic nitrogens is 3. The van der Waals surface area contributed by atoms with E-state index < -0.39 is 0 Å². The highest BCUT2D eigenvalue weighted by molar-refractivity contribution is 5.56. The number of ether oxygens (including phenoxy) is 1. The van der Waals surface area contributed by atoms with Crippen LogP contribution in [0.1, 0.15) is 24.6 Å². The summed E-state index contributed by atoms with van der Waals surface area (Å²) < 4.78 is 5.43. The Bertz CT molecular complexity index is 310. The highest BCUT2D eigenvalue weighted by Gasteiger charge is 2.27. The number of carbonyl (C=O) groups excluding carboxylic acids is 1. The molecule has 70 valence electrons. The van der Waals surface area contributed by atoms with E-state index in [0.29, 0.717) is 0 Å². The van der Waals surface area contributed by atoms with Gasteiger partial charge in [0.15, 0.2) is 0 Å². The van der Waals surface area contributed by atoms with Crippen molar-refractivity contribution in [2.75, 3.05) is 0 Å². The minimum absolute atomic E-state index is 0.0519. The molecule has 5 heteroatoms. The van der Waals surface area contributed by atoms with Crippen molar-refractivity contribution >= 4 is 6.29 Å². The number of hydrogen-bond acceptors (Lipinski definition) is 4. The second kappa shape index (κ2) is 3.26. The predicted octanol–water partition coefficient (Wildman–Crippen LogP) is 0.234. The van der Waals surface area contributed by atoms with E-state index in [0.717, 1.165) is 24.8 Å². The first-order chi connectivity index (χ1) is 6.29. The van der Waals surface area contributed by atoms with Gasteiger partial charge in [0.25, 0.3) is 0 Å². The number of rotatable bonds is 2. The third-order valence-electron chi connectivity index (χ3n) is 2.15. The summed E-state index contributed by atoms with van der Waals surface area (Å²) in [5.74, 6) is 0. The van der Waals surface area contributed by atoms with Crippen molar-refractivity contribution in [1.82, 2.24) is 15.0 Å². The Morgan fingerprint density at radius 3 is 3.08 bits per heavy atom. The van der Waals surface area contributed by atoms with E-state index >= 15 is 0 Å². The van der Waals surface area contributed by atoms with Gasteiger partial charge in [-0.25, -0.2) is 0 Å². The first-order valence-electron chi connectivity index (χ1n) is 4.26. The lowest BCUT2D eigenvalue weighted by Crippen LogP contribution is -2.07. The predicted molar refractivity (Wildman–Crippen MR) is 43.9 cm³/mol. The summed E-state index contributed by atoms with van der Waals surface area (Å²) in [5, 5.41) is 8.08. The first kappa shape index (κ1) is 8.37. The summed E-state index contributed by atoms with van der Waals surface area (Å²) >= 11 is 0. The van der Waals surface area contributed by atoms with Crippen molar-refractivity contribution in [3.05, 3.63) is 11.9 Å². The summed E-state index contributed by atoms with van der Waals surface area (Å²) in [4.78, 5) is 11.9. The van der Waals surface area contributed by atoms with Gasteiger partial charge in [0, 0.05) is 7.05 Å². The van der Waals surface area contributed by atoms with Crippen LogP contribution in [0.15, 0.2) is 6.20 Å². The second-order valence-electron chi connectivity index (χ2n) is 3.14. The minimum Gasteiger partial charge on any atom is -0.361 e. The molecule has 0 saturated carbocycles. The number of nitrogens with zero attached hydrogens (tertiary/aromatic N) is 3. The van der Waals surface area contributed by atoms with Crippen molar-refractivity contribution in [3.8, 4) is 0 Å².